The van der Waals surface area contributed by atoms with Gasteiger partial charge in [0.25, 0.3) is 5.22 Å². The first-order chi connectivity index (χ1) is 11.9. The summed E-state index contributed by atoms with van der Waals surface area (Å²) >= 11 is 6.59. The Hall–Kier alpha value is -1.38. The second-order valence-electron chi connectivity index (χ2n) is 6.40. The molecule has 2 aromatic heterocycles. The van der Waals surface area contributed by atoms with Gasteiger partial charge in [-0.25, -0.2) is 4.98 Å². The highest BCUT2D eigenvalue weighted by molar-refractivity contribution is 9.10. The Bertz CT molecular complexity index is 871. The van der Waals surface area contributed by atoms with Gasteiger partial charge in [0.1, 0.15) is 10.8 Å². The Morgan fingerprint density at radius 1 is 1.28 bits per heavy atom. The van der Waals surface area contributed by atoms with Crippen LogP contribution in [-0.4, -0.2) is 22.3 Å². The zero-order valence-electron chi connectivity index (χ0n) is 14.4. The van der Waals surface area contributed by atoms with Crippen LogP contribution in [0.15, 0.2) is 37.7 Å². The molecule has 132 valence electrons. The van der Waals surface area contributed by atoms with Gasteiger partial charge in [-0.1, -0.05) is 48.5 Å². The van der Waals surface area contributed by atoms with Gasteiger partial charge in [0.15, 0.2) is 0 Å². The molecule has 0 radical (unpaired) electrons. The molecular formula is C17H18BrN3O2S2. The van der Waals surface area contributed by atoms with Gasteiger partial charge >= 0.3 is 0 Å². The first-order valence-corrected chi connectivity index (χ1v) is 10.3. The van der Waals surface area contributed by atoms with E-state index < -0.39 is 0 Å². The minimum atomic E-state index is -0.142. The fraction of sp³-hybridized carbons (Fsp3) is 0.353. The lowest BCUT2D eigenvalue weighted by molar-refractivity contribution is 0.347. The third kappa shape index (κ3) is 4.43. The first kappa shape index (κ1) is 18.4. The smallest absolute Gasteiger partial charge is 0.276 e. The number of halogens is 1. The average Bonchev–Trinajstić information content (AvgIpc) is 3.22. The average molecular weight is 440 g/mol. The highest BCUT2D eigenvalue weighted by Gasteiger charge is 2.21. The van der Waals surface area contributed by atoms with Gasteiger partial charge in [-0.2, -0.15) is 0 Å². The van der Waals surface area contributed by atoms with Crippen LogP contribution in [0.2, 0.25) is 0 Å². The van der Waals surface area contributed by atoms with Gasteiger partial charge in [0.05, 0.1) is 18.4 Å². The molecule has 1 aromatic carbocycles. The maximum Gasteiger partial charge on any atom is 0.276 e. The van der Waals surface area contributed by atoms with Crippen LogP contribution in [0.3, 0.4) is 0 Å². The fourth-order valence-corrected chi connectivity index (χ4v) is 4.01. The molecule has 0 bridgehead atoms. The van der Waals surface area contributed by atoms with E-state index in [9.17, 15) is 0 Å². The summed E-state index contributed by atoms with van der Waals surface area (Å²) in [7, 11) is 1.67. The molecular weight excluding hydrogens is 422 g/mol. The molecule has 2 heterocycles. The molecule has 0 atom stereocenters. The molecule has 0 aliphatic rings. The van der Waals surface area contributed by atoms with Crippen LogP contribution in [0.1, 0.15) is 32.4 Å². The number of methoxy groups -OCH3 is 1. The summed E-state index contributed by atoms with van der Waals surface area (Å²) in [6, 6.07) is 5.90. The van der Waals surface area contributed by atoms with Crippen LogP contribution in [0, 0.1) is 0 Å². The zero-order chi connectivity index (χ0) is 18.0. The van der Waals surface area contributed by atoms with Gasteiger partial charge < -0.3 is 9.15 Å². The number of hydrogen-bond acceptors (Lipinski definition) is 7. The van der Waals surface area contributed by atoms with Crippen LogP contribution in [0.25, 0.3) is 10.6 Å². The van der Waals surface area contributed by atoms with Gasteiger partial charge in [-0.05, 0) is 18.2 Å². The van der Waals surface area contributed by atoms with Gasteiger partial charge in [0, 0.05) is 21.0 Å². The van der Waals surface area contributed by atoms with Crippen molar-refractivity contribution in [3.63, 3.8) is 0 Å². The van der Waals surface area contributed by atoms with Gasteiger partial charge in [-0.3, -0.25) is 0 Å². The molecule has 0 saturated carbocycles. The third-order valence-corrected chi connectivity index (χ3v) is 5.60. The van der Waals surface area contributed by atoms with Crippen LogP contribution in [-0.2, 0) is 11.2 Å². The molecule has 25 heavy (non-hydrogen) atoms. The number of benzene rings is 1. The van der Waals surface area contributed by atoms with Crippen molar-refractivity contribution in [2.75, 3.05) is 7.11 Å². The van der Waals surface area contributed by atoms with Crippen molar-refractivity contribution >= 4 is 39.0 Å². The van der Waals surface area contributed by atoms with E-state index in [0.29, 0.717) is 16.9 Å². The van der Waals surface area contributed by atoms with E-state index in [0.717, 1.165) is 26.5 Å². The predicted molar refractivity (Wildman–Crippen MR) is 104 cm³/mol. The molecule has 3 aromatic rings. The van der Waals surface area contributed by atoms with Crippen molar-refractivity contribution in [1.82, 2.24) is 15.2 Å². The number of aromatic nitrogens is 3. The summed E-state index contributed by atoms with van der Waals surface area (Å²) in [4.78, 5) is 4.71. The lowest BCUT2D eigenvalue weighted by atomic mass is 9.97. The highest BCUT2D eigenvalue weighted by Crippen LogP contribution is 2.35. The number of thiazole rings is 1. The van der Waals surface area contributed by atoms with Crippen molar-refractivity contribution in [2.24, 2.45) is 0 Å². The molecule has 3 rings (SSSR count). The van der Waals surface area contributed by atoms with E-state index in [2.05, 4.69) is 26.1 Å². The number of nitrogens with zero attached hydrogens (tertiary/aromatic N) is 3. The predicted octanol–water partition coefficient (Wildman–Crippen LogP) is 5.55. The maximum absolute atomic E-state index is 5.70. The molecule has 5 nitrogen and oxygen atoms in total. The van der Waals surface area contributed by atoms with E-state index in [1.54, 1.807) is 18.4 Å². The SMILES string of the molecule is COc1ccc(Br)cc1-c1nc(CSc2nnc(C(C)(C)C)o2)cs1. The van der Waals surface area contributed by atoms with Crippen molar-refractivity contribution < 1.29 is 9.15 Å². The van der Waals surface area contributed by atoms with E-state index in [4.69, 9.17) is 14.1 Å². The van der Waals surface area contributed by atoms with E-state index in [1.165, 1.54) is 11.8 Å². The van der Waals surface area contributed by atoms with Crippen molar-refractivity contribution in [3.8, 4) is 16.3 Å². The van der Waals surface area contributed by atoms with Crippen LogP contribution < -0.4 is 4.74 Å². The lowest BCUT2D eigenvalue weighted by Crippen LogP contribution is -2.11. The number of thioether (sulfide) groups is 1. The lowest BCUT2D eigenvalue weighted by Gasteiger charge is -2.10. The van der Waals surface area contributed by atoms with E-state index in [-0.39, 0.29) is 5.41 Å². The highest BCUT2D eigenvalue weighted by atomic mass is 79.9. The molecule has 8 heteroatoms. The molecule has 0 amide bonds. The Balaban J connectivity index is 1.72. The molecule has 0 saturated heterocycles. The van der Waals surface area contributed by atoms with Crippen LogP contribution in [0.4, 0.5) is 0 Å². The minimum Gasteiger partial charge on any atom is -0.496 e. The summed E-state index contributed by atoms with van der Waals surface area (Å²) in [6.45, 7) is 6.15. The van der Waals surface area contributed by atoms with Crippen molar-refractivity contribution in [2.45, 2.75) is 37.2 Å². The van der Waals surface area contributed by atoms with Gasteiger partial charge in [0.2, 0.25) is 5.89 Å². The molecule has 0 spiro atoms. The zero-order valence-corrected chi connectivity index (χ0v) is 17.6. The van der Waals surface area contributed by atoms with E-state index in [1.807, 2.05) is 44.4 Å². The number of hydrogen-bond donors (Lipinski definition) is 0. The molecule has 0 N–H and O–H groups in total. The van der Waals surface area contributed by atoms with Crippen LogP contribution in [0.5, 0.6) is 5.75 Å². The number of rotatable bonds is 5. The Morgan fingerprint density at radius 2 is 2.08 bits per heavy atom. The van der Waals surface area contributed by atoms with Gasteiger partial charge in [-0.15, -0.1) is 21.5 Å². The number of ether oxygens (including phenoxy) is 1. The maximum atomic E-state index is 5.70. The monoisotopic (exact) mass is 439 g/mol. The summed E-state index contributed by atoms with van der Waals surface area (Å²) in [5.74, 6) is 2.13. The molecule has 0 aliphatic heterocycles. The first-order valence-electron chi connectivity index (χ1n) is 7.62. The Morgan fingerprint density at radius 3 is 2.76 bits per heavy atom. The van der Waals surface area contributed by atoms with E-state index >= 15 is 0 Å². The normalized spacial score (nSPS) is 11.7. The Labute approximate surface area is 163 Å². The summed E-state index contributed by atoms with van der Waals surface area (Å²) in [5, 5.41) is 11.7. The fourth-order valence-electron chi connectivity index (χ4n) is 2.05. The Kier molecular flexibility index (Phi) is 5.50. The van der Waals surface area contributed by atoms with Crippen LogP contribution >= 0.6 is 39.0 Å². The summed E-state index contributed by atoms with van der Waals surface area (Å²) in [5.41, 5.74) is 1.81. The molecule has 0 fully saturated rings. The quantitative estimate of drug-likeness (QED) is 0.485. The summed E-state index contributed by atoms with van der Waals surface area (Å²) in [6.07, 6.45) is 0. The second-order valence-corrected chi connectivity index (χ2v) is 9.10. The second kappa shape index (κ2) is 7.47. The van der Waals surface area contributed by atoms with Crippen molar-refractivity contribution in [1.29, 1.82) is 0 Å². The van der Waals surface area contributed by atoms with Crippen molar-refractivity contribution in [3.05, 3.63) is 39.6 Å². The third-order valence-electron chi connectivity index (χ3n) is 3.34. The standard InChI is InChI=1S/C17H18BrN3O2S2/c1-17(2,3)15-20-21-16(23-15)25-9-11-8-24-14(19-11)12-7-10(18)5-6-13(12)22-4/h5-8H,9H2,1-4H3. The molecule has 0 unspecified atom stereocenters. The largest absolute Gasteiger partial charge is 0.496 e. The molecule has 0 aliphatic carbocycles. The summed E-state index contributed by atoms with van der Waals surface area (Å²) < 4.78 is 12.1. The topological polar surface area (TPSA) is 61.0 Å². The minimum absolute atomic E-state index is 0.142.